The molecule has 1 unspecified atom stereocenters. The summed E-state index contributed by atoms with van der Waals surface area (Å²) < 4.78 is 0. The first-order valence-electron chi connectivity index (χ1n) is 6.40. The van der Waals surface area contributed by atoms with E-state index >= 15 is 0 Å². The predicted molar refractivity (Wildman–Crippen MR) is 71.2 cm³/mol. The van der Waals surface area contributed by atoms with Gasteiger partial charge in [0, 0.05) is 37.8 Å². The van der Waals surface area contributed by atoms with E-state index in [1.54, 1.807) is 12.5 Å². The Morgan fingerprint density at radius 3 is 2.79 bits per heavy atom. The van der Waals surface area contributed by atoms with Gasteiger partial charge < -0.3 is 21.4 Å². The molecule has 1 rings (SSSR count). The molecule has 0 aromatic carbocycles. The quantitative estimate of drug-likeness (QED) is 0.467. The van der Waals surface area contributed by atoms with Gasteiger partial charge in [0.05, 0.1) is 12.4 Å². The summed E-state index contributed by atoms with van der Waals surface area (Å²) in [7, 11) is 0. The number of nitrogens with one attached hydrogen (secondary N) is 3. The highest BCUT2D eigenvalue weighted by atomic mass is 16.2. The van der Waals surface area contributed by atoms with Gasteiger partial charge in [-0.2, -0.15) is 0 Å². The van der Waals surface area contributed by atoms with Crippen molar-refractivity contribution in [3.63, 3.8) is 0 Å². The van der Waals surface area contributed by atoms with Gasteiger partial charge in [0.1, 0.15) is 0 Å². The average molecular weight is 267 g/mol. The maximum Gasteiger partial charge on any atom is 0.237 e. The van der Waals surface area contributed by atoms with Crippen molar-refractivity contribution < 1.29 is 9.59 Å². The van der Waals surface area contributed by atoms with Gasteiger partial charge in [-0.05, 0) is 6.42 Å². The van der Waals surface area contributed by atoms with E-state index in [4.69, 9.17) is 5.73 Å². The minimum Gasteiger partial charge on any atom is -0.354 e. The molecule has 19 heavy (non-hydrogen) atoms. The molecule has 0 aliphatic rings. The van der Waals surface area contributed by atoms with Crippen LogP contribution in [0.1, 0.15) is 25.5 Å². The van der Waals surface area contributed by atoms with Crippen LogP contribution in [0.5, 0.6) is 0 Å². The first kappa shape index (κ1) is 15.2. The average Bonchev–Trinajstić information content (AvgIpc) is 2.87. The lowest BCUT2D eigenvalue weighted by molar-refractivity contribution is -0.123. The summed E-state index contributed by atoms with van der Waals surface area (Å²) in [4.78, 5) is 29.6. The Kier molecular flexibility index (Phi) is 6.59. The molecule has 5 N–H and O–H groups in total. The smallest absolute Gasteiger partial charge is 0.237 e. The molecule has 0 aliphatic carbocycles. The number of aromatic amines is 1. The lowest BCUT2D eigenvalue weighted by atomic mass is 10.1. The summed E-state index contributed by atoms with van der Waals surface area (Å²) in [6.07, 6.45) is 4.91. The van der Waals surface area contributed by atoms with Crippen LogP contribution < -0.4 is 16.4 Å². The molecule has 7 heteroatoms. The van der Waals surface area contributed by atoms with Gasteiger partial charge >= 0.3 is 0 Å². The van der Waals surface area contributed by atoms with Gasteiger partial charge in [0.15, 0.2) is 0 Å². The largest absolute Gasteiger partial charge is 0.354 e. The molecule has 1 heterocycles. The Labute approximate surface area is 112 Å². The second-order valence-electron chi connectivity index (χ2n) is 4.28. The first-order valence-corrected chi connectivity index (χ1v) is 6.40. The number of nitrogens with zero attached hydrogens (tertiary/aromatic N) is 1. The van der Waals surface area contributed by atoms with E-state index in [1.165, 1.54) is 0 Å². The fourth-order valence-corrected chi connectivity index (χ4v) is 1.56. The Hall–Kier alpha value is -1.89. The molecule has 0 spiro atoms. The molecule has 7 nitrogen and oxygen atoms in total. The molecule has 106 valence electrons. The number of carbonyl (C=O) groups is 2. The van der Waals surface area contributed by atoms with Crippen LogP contribution in [0.2, 0.25) is 0 Å². The summed E-state index contributed by atoms with van der Waals surface area (Å²) in [5, 5.41) is 5.39. The van der Waals surface area contributed by atoms with Crippen LogP contribution in [0.3, 0.4) is 0 Å². The summed E-state index contributed by atoms with van der Waals surface area (Å²) in [6, 6.07) is -0.619. The van der Waals surface area contributed by atoms with E-state index in [-0.39, 0.29) is 11.8 Å². The molecule has 0 aliphatic heterocycles. The van der Waals surface area contributed by atoms with E-state index in [9.17, 15) is 9.59 Å². The van der Waals surface area contributed by atoms with E-state index in [0.717, 1.165) is 12.1 Å². The third kappa shape index (κ3) is 6.01. The van der Waals surface area contributed by atoms with Gasteiger partial charge in [-0.3, -0.25) is 9.59 Å². The van der Waals surface area contributed by atoms with E-state index < -0.39 is 6.04 Å². The molecule has 2 amide bonds. The molecular weight excluding hydrogens is 246 g/mol. The fraction of sp³-hybridized carbons (Fsp3) is 0.583. The van der Waals surface area contributed by atoms with E-state index in [1.807, 2.05) is 6.92 Å². The standard InChI is InChI=1S/C12H21N5O2/c1-2-3-11(18)15-4-5-16-12(19)10(13)6-9-7-14-8-17-9/h7-8,10H,2-6,13H2,1H3,(H,14,17)(H,15,18)(H,16,19). The summed E-state index contributed by atoms with van der Waals surface area (Å²) >= 11 is 0. The number of hydrogen-bond acceptors (Lipinski definition) is 4. The van der Waals surface area contributed by atoms with Crippen LogP contribution in [-0.4, -0.2) is 40.9 Å². The summed E-state index contributed by atoms with van der Waals surface area (Å²) in [5.41, 5.74) is 6.57. The lowest BCUT2D eigenvalue weighted by Gasteiger charge is -2.11. The number of aromatic nitrogens is 2. The number of nitrogens with two attached hydrogens (primary N) is 1. The monoisotopic (exact) mass is 267 g/mol. The lowest BCUT2D eigenvalue weighted by Crippen LogP contribution is -2.44. The fourth-order valence-electron chi connectivity index (χ4n) is 1.56. The van der Waals surface area contributed by atoms with Crippen LogP contribution in [0.25, 0.3) is 0 Å². The van der Waals surface area contributed by atoms with Crippen molar-refractivity contribution in [3.8, 4) is 0 Å². The number of carbonyl (C=O) groups excluding carboxylic acids is 2. The van der Waals surface area contributed by atoms with Crippen molar-refractivity contribution in [3.05, 3.63) is 18.2 Å². The SMILES string of the molecule is CCCC(=O)NCCNC(=O)C(N)Cc1cnc[nH]1. The Morgan fingerprint density at radius 1 is 1.42 bits per heavy atom. The van der Waals surface area contributed by atoms with Crippen molar-refractivity contribution in [1.29, 1.82) is 0 Å². The molecule has 1 aromatic heterocycles. The molecule has 0 bridgehead atoms. The van der Waals surface area contributed by atoms with Crippen molar-refractivity contribution in [1.82, 2.24) is 20.6 Å². The van der Waals surface area contributed by atoms with Gasteiger partial charge in [0.2, 0.25) is 11.8 Å². The Balaban J connectivity index is 2.15. The van der Waals surface area contributed by atoms with E-state index in [0.29, 0.717) is 25.9 Å². The molecule has 0 saturated carbocycles. The van der Waals surface area contributed by atoms with Crippen LogP contribution in [-0.2, 0) is 16.0 Å². The first-order chi connectivity index (χ1) is 9.13. The van der Waals surface area contributed by atoms with Gasteiger partial charge in [0.25, 0.3) is 0 Å². The van der Waals surface area contributed by atoms with E-state index in [2.05, 4.69) is 20.6 Å². The second-order valence-corrected chi connectivity index (χ2v) is 4.28. The van der Waals surface area contributed by atoms with Gasteiger partial charge in [-0.1, -0.05) is 6.92 Å². The van der Waals surface area contributed by atoms with Crippen molar-refractivity contribution in [2.75, 3.05) is 13.1 Å². The van der Waals surface area contributed by atoms with Crippen LogP contribution in [0.15, 0.2) is 12.5 Å². The highest BCUT2D eigenvalue weighted by Gasteiger charge is 2.14. The highest BCUT2D eigenvalue weighted by Crippen LogP contribution is 1.95. The van der Waals surface area contributed by atoms with Crippen molar-refractivity contribution in [2.45, 2.75) is 32.2 Å². The maximum atomic E-state index is 11.7. The molecule has 0 saturated heterocycles. The minimum atomic E-state index is -0.619. The minimum absolute atomic E-state index is 0.00138. The zero-order valence-corrected chi connectivity index (χ0v) is 11.1. The number of rotatable bonds is 8. The van der Waals surface area contributed by atoms with Gasteiger partial charge in [-0.15, -0.1) is 0 Å². The van der Waals surface area contributed by atoms with Gasteiger partial charge in [-0.25, -0.2) is 4.98 Å². The van der Waals surface area contributed by atoms with Crippen molar-refractivity contribution in [2.24, 2.45) is 5.73 Å². The van der Waals surface area contributed by atoms with Crippen LogP contribution >= 0.6 is 0 Å². The zero-order chi connectivity index (χ0) is 14.1. The number of hydrogen-bond donors (Lipinski definition) is 4. The third-order valence-electron chi connectivity index (χ3n) is 2.55. The molecule has 0 radical (unpaired) electrons. The molecular formula is C12H21N5O2. The van der Waals surface area contributed by atoms with Crippen LogP contribution in [0, 0.1) is 0 Å². The normalized spacial score (nSPS) is 11.9. The molecule has 1 aromatic rings. The molecule has 1 atom stereocenters. The highest BCUT2D eigenvalue weighted by molar-refractivity contribution is 5.81. The Morgan fingerprint density at radius 2 is 2.16 bits per heavy atom. The Bertz CT molecular complexity index is 391. The second kappa shape index (κ2) is 8.25. The number of H-pyrrole nitrogens is 1. The summed E-state index contributed by atoms with van der Waals surface area (Å²) in [5.74, 6) is -0.238. The topological polar surface area (TPSA) is 113 Å². The summed E-state index contributed by atoms with van der Waals surface area (Å²) in [6.45, 7) is 2.74. The van der Waals surface area contributed by atoms with Crippen molar-refractivity contribution >= 4 is 11.8 Å². The number of imidazole rings is 1. The molecule has 0 fully saturated rings. The predicted octanol–water partition coefficient (Wildman–Crippen LogP) is -0.688. The zero-order valence-electron chi connectivity index (χ0n) is 11.1. The third-order valence-corrected chi connectivity index (χ3v) is 2.55. The maximum absolute atomic E-state index is 11.7. The van der Waals surface area contributed by atoms with Crippen LogP contribution in [0.4, 0.5) is 0 Å². The number of amides is 2.